The van der Waals surface area contributed by atoms with Crippen molar-refractivity contribution in [3.05, 3.63) is 29.8 Å². The van der Waals surface area contributed by atoms with Crippen molar-refractivity contribution in [2.75, 3.05) is 6.61 Å². The number of hydrogen-bond donors (Lipinski definition) is 5. The van der Waals surface area contributed by atoms with Crippen LogP contribution >= 0.6 is 0 Å². The molecule has 0 aliphatic carbocycles. The van der Waals surface area contributed by atoms with E-state index in [0.29, 0.717) is 12.0 Å². The van der Waals surface area contributed by atoms with E-state index < -0.39 is 37.3 Å². The fourth-order valence-corrected chi connectivity index (χ4v) is 2.84. The highest BCUT2D eigenvalue weighted by Crippen LogP contribution is 2.31. The Balaban J connectivity index is 2.07. The zero-order chi connectivity index (χ0) is 20.7. The van der Waals surface area contributed by atoms with E-state index in [2.05, 4.69) is 6.92 Å². The number of ketones is 1. The number of carbonyl (C=O) groups is 1. The third-order valence-electron chi connectivity index (χ3n) is 4.56. The zero-order valence-electron chi connectivity index (χ0n) is 15.8. The molecule has 1 saturated heterocycles. The highest BCUT2D eigenvalue weighted by Gasteiger charge is 2.44. The van der Waals surface area contributed by atoms with E-state index in [9.17, 15) is 30.3 Å². The van der Waals surface area contributed by atoms with E-state index in [4.69, 9.17) is 9.47 Å². The number of carbonyl (C=O) groups excluding carboxylic acids is 1. The Kier molecular flexibility index (Phi) is 8.40. The average Bonchev–Trinajstić information content (AvgIpc) is 2.69. The Bertz CT molecular complexity index is 672. The van der Waals surface area contributed by atoms with Crippen molar-refractivity contribution < 1.29 is 39.8 Å². The molecule has 8 heteroatoms. The van der Waals surface area contributed by atoms with E-state index >= 15 is 0 Å². The van der Waals surface area contributed by atoms with E-state index in [1.165, 1.54) is 18.2 Å². The number of aliphatic hydroxyl groups is 4. The molecule has 5 N–H and O–H groups in total. The van der Waals surface area contributed by atoms with E-state index in [0.717, 1.165) is 19.3 Å². The number of allylic oxidation sites excluding steroid dienone is 1. The lowest BCUT2D eigenvalue weighted by molar-refractivity contribution is -0.277. The zero-order valence-corrected chi connectivity index (χ0v) is 15.8. The van der Waals surface area contributed by atoms with Crippen LogP contribution in [0.2, 0.25) is 0 Å². The van der Waals surface area contributed by atoms with Crippen LogP contribution in [0.25, 0.3) is 6.08 Å². The van der Waals surface area contributed by atoms with Gasteiger partial charge in [-0.1, -0.05) is 31.9 Å². The second-order valence-electron chi connectivity index (χ2n) is 6.80. The van der Waals surface area contributed by atoms with Gasteiger partial charge in [-0.25, -0.2) is 0 Å². The summed E-state index contributed by atoms with van der Waals surface area (Å²) in [6.07, 6.45) is -0.806. The maximum absolute atomic E-state index is 11.8. The number of hydrogen-bond acceptors (Lipinski definition) is 8. The molecular weight excluding hydrogens is 368 g/mol. The van der Waals surface area contributed by atoms with Crippen molar-refractivity contribution in [1.29, 1.82) is 0 Å². The van der Waals surface area contributed by atoms with Gasteiger partial charge in [0.05, 0.1) is 6.61 Å². The largest absolute Gasteiger partial charge is 0.504 e. The standard InChI is InChI=1S/C20H28O8/c1-2-3-4-5-13(22)8-6-12-7-9-14(23)15(10-12)27-20-19(26)18(25)17(24)16(11-21)28-20/h6-10,16-21,23-26H,2-5,11H2,1H3/t16-,17-,18+,19-,20-/m1/s1. The minimum Gasteiger partial charge on any atom is -0.504 e. The number of unbranched alkanes of at least 4 members (excludes halogenated alkanes) is 2. The van der Waals surface area contributed by atoms with Crippen LogP contribution in [0.1, 0.15) is 38.2 Å². The summed E-state index contributed by atoms with van der Waals surface area (Å²) in [4.78, 5) is 11.8. The van der Waals surface area contributed by atoms with Gasteiger partial charge >= 0.3 is 0 Å². The molecule has 28 heavy (non-hydrogen) atoms. The SMILES string of the molecule is CCCCCC(=O)C=Cc1ccc(O)c(O[C@@H]2O[C@H](CO)[C@@H](O)[C@H](O)[C@H]2O)c1. The summed E-state index contributed by atoms with van der Waals surface area (Å²) >= 11 is 0. The molecule has 1 fully saturated rings. The molecule has 0 amide bonds. The summed E-state index contributed by atoms with van der Waals surface area (Å²) in [5, 5.41) is 48.9. The highest BCUT2D eigenvalue weighted by atomic mass is 16.7. The normalized spacial score (nSPS) is 27.8. The van der Waals surface area contributed by atoms with Gasteiger partial charge in [-0.3, -0.25) is 4.79 Å². The Morgan fingerprint density at radius 2 is 1.93 bits per heavy atom. The summed E-state index contributed by atoms with van der Waals surface area (Å²) < 4.78 is 10.7. The Morgan fingerprint density at radius 1 is 1.18 bits per heavy atom. The van der Waals surface area contributed by atoms with Crippen molar-refractivity contribution in [1.82, 2.24) is 0 Å². The third kappa shape index (κ3) is 5.76. The quantitative estimate of drug-likeness (QED) is 0.304. The van der Waals surface area contributed by atoms with E-state index in [1.807, 2.05) is 0 Å². The summed E-state index contributed by atoms with van der Waals surface area (Å²) in [5.74, 6) is -0.272. The first-order valence-corrected chi connectivity index (χ1v) is 9.38. The molecule has 156 valence electrons. The number of phenolic OH excluding ortho intramolecular Hbond substituents is 1. The first kappa shape index (κ1) is 22.3. The van der Waals surface area contributed by atoms with Gasteiger partial charge < -0.3 is 35.0 Å². The number of phenols is 1. The van der Waals surface area contributed by atoms with Crippen molar-refractivity contribution in [3.63, 3.8) is 0 Å². The average molecular weight is 396 g/mol. The van der Waals surface area contributed by atoms with Crippen LogP contribution in [-0.2, 0) is 9.53 Å². The lowest BCUT2D eigenvalue weighted by Gasteiger charge is -2.39. The molecule has 1 heterocycles. The molecule has 0 unspecified atom stereocenters. The van der Waals surface area contributed by atoms with Gasteiger partial charge in [0.25, 0.3) is 0 Å². The van der Waals surface area contributed by atoms with Crippen molar-refractivity contribution in [2.24, 2.45) is 0 Å². The van der Waals surface area contributed by atoms with Crippen LogP contribution < -0.4 is 4.74 Å². The van der Waals surface area contributed by atoms with Crippen LogP contribution in [0.4, 0.5) is 0 Å². The van der Waals surface area contributed by atoms with Crippen molar-refractivity contribution in [3.8, 4) is 11.5 Å². The van der Waals surface area contributed by atoms with Gasteiger partial charge in [0.1, 0.15) is 24.4 Å². The van der Waals surface area contributed by atoms with Gasteiger partial charge in [-0.15, -0.1) is 0 Å². The molecule has 1 aromatic rings. The van der Waals surface area contributed by atoms with Gasteiger partial charge in [-0.05, 0) is 30.2 Å². The Morgan fingerprint density at radius 3 is 2.61 bits per heavy atom. The maximum Gasteiger partial charge on any atom is 0.229 e. The van der Waals surface area contributed by atoms with Crippen LogP contribution in [0.5, 0.6) is 11.5 Å². The van der Waals surface area contributed by atoms with E-state index in [-0.39, 0.29) is 17.3 Å². The molecule has 1 aliphatic rings. The van der Waals surface area contributed by atoms with Gasteiger partial charge in [0.15, 0.2) is 17.3 Å². The number of ether oxygens (including phenoxy) is 2. The first-order chi connectivity index (χ1) is 13.4. The molecule has 2 rings (SSSR count). The van der Waals surface area contributed by atoms with Crippen LogP contribution in [0.3, 0.4) is 0 Å². The molecule has 0 aromatic heterocycles. The topological polar surface area (TPSA) is 137 Å². The molecule has 0 spiro atoms. The minimum absolute atomic E-state index is 0.00192. The first-order valence-electron chi connectivity index (χ1n) is 9.38. The summed E-state index contributed by atoms with van der Waals surface area (Å²) in [6.45, 7) is 1.48. The molecule has 0 saturated carbocycles. The van der Waals surface area contributed by atoms with Crippen molar-refractivity contribution in [2.45, 2.75) is 63.3 Å². The lowest BCUT2D eigenvalue weighted by atomic mass is 9.99. The number of benzene rings is 1. The number of aliphatic hydroxyl groups excluding tert-OH is 4. The molecule has 0 radical (unpaired) electrons. The van der Waals surface area contributed by atoms with Crippen molar-refractivity contribution >= 4 is 11.9 Å². The predicted molar refractivity (Wildman–Crippen MR) is 101 cm³/mol. The smallest absolute Gasteiger partial charge is 0.229 e. The van der Waals surface area contributed by atoms with Crippen LogP contribution in [0, 0.1) is 0 Å². The summed E-state index contributed by atoms with van der Waals surface area (Å²) in [6, 6.07) is 4.40. The summed E-state index contributed by atoms with van der Waals surface area (Å²) in [5.41, 5.74) is 0.584. The number of rotatable bonds is 9. The third-order valence-corrected chi connectivity index (χ3v) is 4.56. The number of aromatic hydroxyl groups is 1. The second-order valence-corrected chi connectivity index (χ2v) is 6.80. The van der Waals surface area contributed by atoms with Crippen LogP contribution in [0.15, 0.2) is 24.3 Å². The molecule has 8 nitrogen and oxygen atoms in total. The fraction of sp³-hybridized carbons (Fsp3) is 0.550. The van der Waals surface area contributed by atoms with Gasteiger partial charge in [0.2, 0.25) is 6.29 Å². The summed E-state index contributed by atoms with van der Waals surface area (Å²) in [7, 11) is 0. The Hall–Kier alpha value is -1.97. The molecule has 1 aliphatic heterocycles. The lowest BCUT2D eigenvalue weighted by Crippen LogP contribution is -2.60. The maximum atomic E-state index is 11.8. The van der Waals surface area contributed by atoms with E-state index in [1.54, 1.807) is 12.1 Å². The van der Waals surface area contributed by atoms with Gasteiger partial charge in [0, 0.05) is 6.42 Å². The monoisotopic (exact) mass is 396 g/mol. The predicted octanol–water partition coefficient (Wildman–Crippen LogP) is 0.733. The minimum atomic E-state index is -1.59. The highest BCUT2D eigenvalue weighted by molar-refractivity contribution is 5.93. The second kappa shape index (κ2) is 10.5. The fourth-order valence-electron chi connectivity index (χ4n) is 2.84. The molecule has 0 bridgehead atoms. The molecular formula is C20H28O8. The van der Waals surface area contributed by atoms with Gasteiger partial charge in [-0.2, -0.15) is 0 Å². The molecule has 1 aromatic carbocycles. The van der Waals surface area contributed by atoms with Crippen LogP contribution in [-0.4, -0.2) is 68.6 Å². The Labute approximate surface area is 163 Å². The molecule has 5 atom stereocenters.